The SMILES string of the molecule is C=CC1=C(C(=O)O)N2C(=O)C(NC(=O)C(=NOC(OC(C)(C)C)C(=O)O)c3csc(N)n3)[C@H]2SC1. The third-order valence-corrected chi connectivity index (χ3v) is 6.59. The fraction of sp³-hybridized carbons (Fsp3) is 0.400. The number of rotatable bonds is 9. The summed E-state index contributed by atoms with van der Waals surface area (Å²) in [4.78, 5) is 59.1. The number of carboxylic acids is 2. The van der Waals surface area contributed by atoms with E-state index in [1.807, 2.05) is 0 Å². The van der Waals surface area contributed by atoms with E-state index in [9.17, 15) is 29.4 Å². The molecule has 2 aliphatic rings. The molecule has 2 aliphatic heterocycles. The van der Waals surface area contributed by atoms with E-state index < -0.39 is 52.8 Å². The Balaban J connectivity index is 1.84. The number of hydrogen-bond acceptors (Lipinski definition) is 11. The number of thiazole rings is 1. The van der Waals surface area contributed by atoms with Crippen LogP contribution in [0.4, 0.5) is 5.13 Å². The number of β-lactam (4-membered cyclic amide) rings is 1. The van der Waals surface area contributed by atoms with Gasteiger partial charge in [0, 0.05) is 11.1 Å². The van der Waals surface area contributed by atoms with Gasteiger partial charge in [0.1, 0.15) is 22.8 Å². The van der Waals surface area contributed by atoms with Crippen LogP contribution in [0, 0.1) is 0 Å². The minimum absolute atomic E-state index is 0.00936. The Morgan fingerprint density at radius 2 is 2.09 bits per heavy atom. The summed E-state index contributed by atoms with van der Waals surface area (Å²) < 4.78 is 5.29. The average Bonchev–Trinajstić information content (AvgIpc) is 3.20. The summed E-state index contributed by atoms with van der Waals surface area (Å²) in [5.74, 6) is -4.01. The van der Waals surface area contributed by atoms with Crippen molar-refractivity contribution in [1.29, 1.82) is 0 Å². The van der Waals surface area contributed by atoms with Crippen LogP contribution in [0.25, 0.3) is 0 Å². The minimum Gasteiger partial charge on any atom is -0.477 e. The number of nitrogens with zero attached hydrogens (tertiary/aromatic N) is 3. The number of thioether (sulfide) groups is 1. The summed E-state index contributed by atoms with van der Waals surface area (Å²) >= 11 is 2.26. The molecule has 3 atom stereocenters. The van der Waals surface area contributed by atoms with Crippen molar-refractivity contribution in [3.8, 4) is 0 Å². The second kappa shape index (κ2) is 10.1. The fourth-order valence-corrected chi connectivity index (χ4v) is 5.04. The van der Waals surface area contributed by atoms with Gasteiger partial charge < -0.3 is 30.8 Å². The van der Waals surface area contributed by atoms with Gasteiger partial charge in [0.2, 0.25) is 0 Å². The van der Waals surface area contributed by atoms with Crippen LogP contribution in [-0.2, 0) is 28.8 Å². The van der Waals surface area contributed by atoms with Crippen LogP contribution in [0.3, 0.4) is 0 Å². The lowest BCUT2D eigenvalue weighted by Gasteiger charge is -2.49. The third-order valence-electron chi connectivity index (χ3n) is 4.61. The van der Waals surface area contributed by atoms with Gasteiger partial charge in [-0.1, -0.05) is 17.8 Å². The van der Waals surface area contributed by atoms with Crippen LogP contribution >= 0.6 is 23.1 Å². The van der Waals surface area contributed by atoms with Gasteiger partial charge in [0.05, 0.1) is 5.60 Å². The average molecular weight is 526 g/mol. The normalized spacial score (nSPS) is 21.1. The molecule has 188 valence electrons. The molecule has 0 spiro atoms. The Hall–Kier alpha value is -3.43. The van der Waals surface area contributed by atoms with Crippen molar-refractivity contribution in [2.75, 3.05) is 11.5 Å². The molecule has 2 amide bonds. The Morgan fingerprint density at radius 1 is 1.40 bits per heavy atom. The van der Waals surface area contributed by atoms with Gasteiger partial charge in [0.15, 0.2) is 10.8 Å². The van der Waals surface area contributed by atoms with Crippen molar-refractivity contribution in [3.63, 3.8) is 0 Å². The number of aliphatic carboxylic acids is 2. The molecule has 15 heteroatoms. The molecule has 1 fully saturated rings. The summed E-state index contributed by atoms with van der Waals surface area (Å²) in [6, 6.07) is -1.06. The van der Waals surface area contributed by atoms with Gasteiger partial charge in [-0.15, -0.1) is 23.1 Å². The highest BCUT2D eigenvalue weighted by Gasteiger charge is 2.54. The molecule has 2 unspecified atom stereocenters. The molecule has 0 saturated carbocycles. The first-order chi connectivity index (χ1) is 16.3. The Labute approximate surface area is 207 Å². The highest BCUT2D eigenvalue weighted by molar-refractivity contribution is 8.00. The van der Waals surface area contributed by atoms with Crippen LogP contribution < -0.4 is 11.1 Å². The van der Waals surface area contributed by atoms with Crippen LogP contribution in [0.1, 0.15) is 26.5 Å². The smallest absolute Gasteiger partial charge is 0.376 e. The number of anilines is 1. The van der Waals surface area contributed by atoms with Gasteiger partial charge in [-0.25, -0.2) is 14.6 Å². The molecule has 0 aliphatic carbocycles. The quantitative estimate of drug-likeness (QED) is 0.153. The van der Waals surface area contributed by atoms with Crippen molar-refractivity contribution < 1.29 is 39.0 Å². The number of fused-ring (bicyclic) bond motifs is 1. The summed E-state index contributed by atoms with van der Waals surface area (Å²) in [5, 5.41) is 25.9. The molecule has 1 aromatic heterocycles. The van der Waals surface area contributed by atoms with Crippen molar-refractivity contribution in [3.05, 3.63) is 35.0 Å². The first-order valence-corrected chi connectivity index (χ1v) is 12.0. The second-order valence-electron chi connectivity index (χ2n) is 8.26. The van der Waals surface area contributed by atoms with E-state index in [0.717, 1.165) is 16.2 Å². The molecule has 1 aromatic rings. The van der Waals surface area contributed by atoms with Crippen molar-refractivity contribution in [1.82, 2.24) is 15.2 Å². The monoisotopic (exact) mass is 525 g/mol. The number of nitrogens with two attached hydrogens (primary N) is 1. The van der Waals surface area contributed by atoms with Gasteiger partial charge in [-0.05, 0) is 26.3 Å². The van der Waals surface area contributed by atoms with Crippen molar-refractivity contribution in [2.45, 2.75) is 44.1 Å². The minimum atomic E-state index is -1.83. The number of nitrogen functional groups attached to an aromatic ring is 1. The van der Waals surface area contributed by atoms with Gasteiger partial charge >= 0.3 is 18.2 Å². The fourth-order valence-electron chi connectivity index (χ4n) is 3.15. The first kappa shape index (κ1) is 26.2. The molecule has 0 bridgehead atoms. The highest BCUT2D eigenvalue weighted by Crippen LogP contribution is 2.40. The van der Waals surface area contributed by atoms with Crippen molar-refractivity contribution in [2.24, 2.45) is 5.16 Å². The summed E-state index contributed by atoms with van der Waals surface area (Å²) in [5.41, 5.74) is 4.51. The van der Waals surface area contributed by atoms with Gasteiger partial charge in [0.25, 0.3) is 11.8 Å². The topological polar surface area (TPSA) is 194 Å². The zero-order valence-electron chi connectivity index (χ0n) is 18.9. The number of carboxylic acid groups (broad SMARTS) is 2. The van der Waals surface area contributed by atoms with Gasteiger partial charge in [-0.3, -0.25) is 14.5 Å². The van der Waals surface area contributed by atoms with Gasteiger partial charge in [-0.2, -0.15) is 0 Å². The number of oxime groups is 1. The lowest BCUT2D eigenvalue weighted by Crippen LogP contribution is -2.71. The molecule has 0 aromatic carbocycles. The molecule has 3 heterocycles. The first-order valence-electron chi connectivity index (χ1n) is 10.0. The van der Waals surface area contributed by atoms with Crippen LogP contribution in [-0.4, -0.2) is 78.6 Å². The van der Waals surface area contributed by atoms with Crippen LogP contribution in [0.2, 0.25) is 0 Å². The Bertz CT molecular complexity index is 1140. The van der Waals surface area contributed by atoms with E-state index in [-0.39, 0.29) is 22.3 Å². The highest BCUT2D eigenvalue weighted by atomic mass is 32.2. The molecule has 0 radical (unpaired) electrons. The zero-order valence-corrected chi connectivity index (χ0v) is 20.5. The number of nitrogens with one attached hydrogen (secondary N) is 1. The number of carbonyl (C=O) groups excluding carboxylic acids is 2. The second-order valence-corrected chi connectivity index (χ2v) is 10.3. The summed E-state index contributed by atoms with van der Waals surface area (Å²) in [6.45, 7) is 8.41. The van der Waals surface area contributed by atoms with Crippen LogP contribution in [0.15, 0.2) is 34.5 Å². The van der Waals surface area contributed by atoms with E-state index in [1.54, 1.807) is 20.8 Å². The number of amides is 2. The molecule has 3 rings (SSSR count). The molecule has 13 nitrogen and oxygen atoms in total. The van der Waals surface area contributed by atoms with E-state index in [4.69, 9.17) is 15.3 Å². The molecule has 1 saturated heterocycles. The molecule has 35 heavy (non-hydrogen) atoms. The predicted octanol–water partition coefficient (Wildman–Crippen LogP) is 0.596. The van der Waals surface area contributed by atoms with E-state index in [1.165, 1.54) is 23.2 Å². The van der Waals surface area contributed by atoms with Crippen molar-refractivity contribution >= 4 is 57.7 Å². The maximum atomic E-state index is 13.1. The molecular weight excluding hydrogens is 502 g/mol. The van der Waals surface area contributed by atoms with E-state index >= 15 is 0 Å². The standard InChI is InChI=1S/C20H23N5O8S2/c1-5-8-6-34-15-11(14(27)25(15)12(8)16(28)29)23-13(26)10(9-7-35-19(21)22-9)24-33-18(17(30)31)32-20(2,3)4/h5,7,11,15,18H,1,6H2,2-4H3,(H2,21,22)(H,23,26)(H,28,29)(H,30,31)/t11?,15-,18?/m1/s1. The number of hydrogen-bond donors (Lipinski definition) is 4. The largest absolute Gasteiger partial charge is 0.477 e. The summed E-state index contributed by atoms with van der Waals surface area (Å²) in [6.07, 6.45) is -0.455. The maximum absolute atomic E-state index is 13.1. The predicted molar refractivity (Wildman–Crippen MR) is 126 cm³/mol. The third kappa shape index (κ3) is 5.63. The summed E-state index contributed by atoms with van der Waals surface area (Å²) in [7, 11) is 0. The van der Waals surface area contributed by atoms with E-state index in [0.29, 0.717) is 5.57 Å². The molecule has 5 N–H and O–H groups in total. The Kier molecular flexibility index (Phi) is 7.52. The number of carbonyl (C=O) groups is 4. The van der Waals surface area contributed by atoms with E-state index in [2.05, 4.69) is 22.0 Å². The maximum Gasteiger partial charge on any atom is 0.376 e. The van der Waals surface area contributed by atoms with Crippen LogP contribution in [0.5, 0.6) is 0 Å². The Morgan fingerprint density at radius 3 is 2.60 bits per heavy atom. The molecular formula is C20H23N5O8S2. The number of aromatic nitrogens is 1. The zero-order chi connectivity index (χ0) is 26.1. The lowest BCUT2D eigenvalue weighted by atomic mass is 10.0. The number of allylic oxidation sites excluding steroid dienone is 1. The number of ether oxygens (including phenoxy) is 1. The lowest BCUT2D eigenvalue weighted by molar-refractivity contribution is -0.214.